The molecule has 1 atom stereocenters. The van der Waals surface area contributed by atoms with Crippen LogP contribution in [0.15, 0.2) is 30.3 Å². The predicted octanol–water partition coefficient (Wildman–Crippen LogP) is 2.48. The number of likely N-dealkylation sites (tertiary alicyclic amines) is 1. The first-order valence-electron chi connectivity index (χ1n) is 7.83. The lowest BCUT2D eigenvalue weighted by Crippen LogP contribution is -2.44. The van der Waals surface area contributed by atoms with Gasteiger partial charge in [-0.2, -0.15) is 0 Å². The van der Waals surface area contributed by atoms with E-state index in [0.29, 0.717) is 25.9 Å². The van der Waals surface area contributed by atoms with Crippen molar-refractivity contribution in [2.45, 2.75) is 51.6 Å². The second-order valence-electron chi connectivity index (χ2n) is 5.56. The normalized spacial score (nSPS) is 18.0. The van der Waals surface area contributed by atoms with Gasteiger partial charge in [-0.3, -0.25) is 9.59 Å². The topological polar surface area (TPSA) is 49.4 Å². The lowest BCUT2D eigenvalue weighted by atomic mass is 10.1. The van der Waals surface area contributed by atoms with Gasteiger partial charge in [0.05, 0.1) is 0 Å². The van der Waals surface area contributed by atoms with Crippen molar-refractivity contribution in [1.82, 2.24) is 10.2 Å². The van der Waals surface area contributed by atoms with Gasteiger partial charge < -0.3 is 10.2 Å². The molecule has 0 radical (unpaired) electrons. The van der Waals surface area contributed by atoms with Gasteiger partial charge in [-0.1, -0.05) is 50.1 Å². The Morgan fingerprint density at radius 1 is 1.29 bits per heavy atom. The molecule has 1 aromatic carbocycles. The summed E-state index contributed by atoms with van der Waals surface area (Å²) in [7, 11) is 0. The van der Waals surface area contributed by atoms with E-state index in [9.17, 15) is 9.59 Å². The third-order valence-corrected chi connectivity index (χ3v) is 3.91. The summed E-state index contributed by atoms with van der Waals surface area (Å²) < 4.78 is 0. The number of unbranched alkanes of at least 4 members (excludes halogenated alkanes) is 2. The Balaban J connectivity index is 1.91. The summed E-state index contributed by atoms with van der Waals surface area (Å²) in [6, 6.07) is 9.53. The zero-order valence-electron chi connectivity index (χ0n) is 12.7. The summed E-state index contributed by atoms with van der Waals surface area (Å²) in [5.41, 5.74) is 1.07. The molecule has 1 unspecified atom stereocenters. The first-order chi connectivity index (χ1) is 10.2. The first kappa shape index (κ1) is 15.5. The number of nitrogens with zero attached hydrogens (tertiary/aromatic N) is 1. The van der Waals surface area contributed by atoms with Crippen LogP contribution in [-0.2, 0) is 16.1 Å². The van der Waals surface area contributed by atoms with Gasteiger partial charge in [0.1, 0.15) is 6.04 Å². The maximum atomic E-state index is 12.2. The number of carbonyl (C=O) groups is 2. The minimum absolute atomic E-state index is 0.00659. The maximum Gasteiger partial charge on any atom is 0.242 e. The Kier molecular flexibility index (Phi) is 5.78. The Morgan fingerprint density at radius 3 is 2.76 bits per heavy atom. The molecule has 2 amide bonds. The van der Waals surface area contributed by atoms with Crippen LogP contribution < -0.4 is 5.32 Å². The highest BCUT2D eigenvalue weighted by Crippen LogP contribution is 2.21. The molecular formula is C17H24N2O2. The smallest absolute Gasteiger partial charge is 0.242 e. The van der Waals surface area contributed by atoms with Gasteiger partial charge in [0, 0.05) is 19.5 Å². The van der Waals surface area contributed by atoms with Crippen LogP contribution in [0.2, 0.25) is 0 Å². The molecule has 0 bridgehead atoms. The Morgan fingerprint density at radius 2 is 2.05 bits per heavy atom. The average molecular weight is 288 g/mol. The first-order valence-corrected chi connectivity index (χ1v) is 7.83. The molecular weight excluding hydrogens is 264 g/mol. The quantitative estimate of drug-likeness (QED) is 0.784. The summed E-state index contributed by atoms with van der Waals surface area (Å²) in [4.78, 5) is 26.0. The number of nitrogens with one attached hydrogen (secondary N) is 1. The Hall–Kier alpha value is -1.84. The number of benzene rings is 1. The molecule has 1 fully saturated rings. The minimum Gasteiger partial charge on any atom is -0.354 e. The standard InChI is InChI=1S/C17H24N2O2/c1-2-3-7-12-18-17(21)15-10-11-16(20)19(15)13-14-8-5-4-6-9-14/h4-6,8-9,15H,2-3,7,10-13H2,1H3,(H,18,21). The van der Waals surface area contributed by atoms with E-state index < -0.39 is 0 Å². The van der Waals surface area contributed by atoms with Gasteiger partial charge >= 0.3 is 0 Å². The molecule has 0 spiro atoms. The van der Waals surface area contributed by atoms with Crippen molar-refractivity contribution in [3.8, 4) is 0 Å². The van der Waals surface area contributed by atoms with Crippen LogP contribution in [0.1, 0.15) is 44.6 Å². The summed E-state index contributed by atoms with van der Waals surface area (Å²) in [5, 5.41) is 2.96. The van der Waals surface area contributed by atoms with E-state index in [1.54, 1.807) is 4.90 Å². The summed E-state index contributed by atoms with van der Waals surface area (Å²) >= 11 is 0. The molecule has 0 aromatic heterocycles. The van der Waals surface area contributed by atoms with E-state index in [2.05, 4.69) is 12.2 Å². The lowest BCUT2D eigenvalue weighted by molar-refractivity contribution is -0.135. The van der Waals surface area contributed by atoms with E-state index in [-0.39, 0.29) is 17.9 Å². The van der Waals surface area contributed by atoms with Crippen molar-refractivity contribution in [3.63, 3.8) is 0 Å². The van der Waals surface area contributed by atoms with Crippen LogP contribution in [0.25, 0.3) is 0 Å². The predicted molar refractivity (Wildman–Crippen MR) is 82.5 cm³/mol. The van der Waals surface area contributed by atoms with Gasteiger partial charge in [0.25, 0.3) is 0 Å². The third kappa shape index (κ3) is 4.31. The number of hydrogen-bond acceptors (Lipinski definition) is 2. The monoisotopic (exact) mass is 288 g/mol. The van der Waals surface area contributed by atoms with Gasteiger partial charge in [-0.25, -0.2) is 0 Å². The summed E-state index contributed by atoms with van der Waals surface area (Å²) in [5.74, 6) is 0.0699. The van der Waals surface area contributed by atoms with Crippen LogP contribution in [0.4, 0.5) is 0 Å². The van der Waals surface area contributed by atoms with Gasteiger partial charge in [-0.05, 0) is 18.4 Å². The molecule has 21 heavy (non-hydrogen) atoms. The summed E-state index contributed by atoms with van der Waals surface area (Å²) in [6.07, 6.45) is 4.36. The molecule has 1 aliphatic heterocycles. The van der Waals surface area contributed by atoms with Gasteiger partial charge in [0.15, 0.2) is 0 Å². The van der Waals surface area contributed by atoms with Crippen molar-refractivity contribution in [2.75, 3.05) is 6.54 Å². The Labute approximate surface area is 126 Å². The zero-order valence-corrected chi connectivity index (χ0v) is 12.7. The molecule has 4 heteroatoms. The second-order valence-corrected chi connectivity index (χ2v) is 5.56. The van der Waals surface area contributed by atoms with E-state index >= 15 is 0 Å². The third-order valence-electron chi connectivity index (χ3n) is 3.91. The van der Waals surface area contributed by atoms with Gasteiger partial charge in [0.2, 0.25) is 11.8 Å². The molecule has 1 N–H and O–H groups in total. The molecule has 0 aliphatic carbocycles. The fraction of sp³-hybridized carbons (Fsp3) is 0.529. The van der Waals surface area contributed by atoms with Crippen molar-refractivity contribution >= 4 is 11.8 Å². The highest BCUT2D eigenvalue weighted by molar-refractivity contribution is 5.90. The second kappa shape index (κ2) is 7.81. The largest absolute Gasteiger partial charge is 0.354 e. The summed E-state index contributed by atoms with van der Waals surface area (Å²) in [6.45, 7) is 3.36. The lowest BCUT2D eigenvalue weighted by Gasteiger charge is -2.24. The molecule has 2 rings (SSSR count). The molecule has 1 saturated heterocycles. The fourth-order valence-electron chi connectivity index (χ4n) is 2.69. The van der Waals surface area contributed by atoms with Crippen LogP contribution in [0.5, 0.6) is 0 Å². The molecule has 4 nitrogen and oxygen atoms in total. The molecule has 1 aliphatic rings. The van der Waals surface area contributed by atoms with E-state index in [4.69, 9.17) is 0 Å². The van der Waals surface area contributed by atoms with E-state index in [1.807, 2.05) is 30.3 Å². The maximum absolute atomic E-state index is 12.2. The van der Waals surface area contributed by atoms with Crippen molar-refractivity contribution in [1.29, 1.82) is 0 Å². The average Bonchev–Trinajstić information content (AvgIpc) is 2.86. The number of amides is 2. The van der Waals surface area contributed by atoms with Crippen LogP contribution in [0, 0.1) is 0 Å². The zero-order chi connectivity index (χ0) is 15.1. The number of carbonyl (C=O) groups excluding carboxylic acids is 2. The van der Waals surface area contributed by atoms with E-state index in [1.165, 1.54) is 0 Å². The minimum atomic E-state index is -0.306. The van der Waals surface area contributed by atoms with Crippen molar-refractivity contribution in [3.05, 3.63) is 35.9 Å². The van der Waals surface area contributed by atoms with Crippen LogP contribution in [0.3, 0.4) is 0 Å². The number of rotatable bonds is 7. The molecule has 114 valence electrons. The molecule has 1 aromatic rings. The van der Waals surface area contributed by atoms with Crippen molar-refractivity contribution in [2.24, 2.45) is 0 Å². The van der Waals surface area contributed by atoms with Crippen LogP contribution in [-0.4, -0.2) is 29.3 Å². The van der Waals surface area contributed by atoms with Crippen LogP contribution >= 0.6 is 0 Å². The molecule has 1 heterocycles. The Bertz CT molecular complexity index is 473. The molecule has 0 saturated carbocycles. The number of hydrogen-bond donors (Lipinski definition) is 1. The fourth-order valence-corrected chi connectivity index (χ4v) is 2.69. The van der Waals surface area contributed by atoms with Crippen molar-refractivity contribution < 1.29 is 9.59 Å². The van der Waals surface area contributed by atoms with Gasteiger partial charge in [-0.15, -0.1) is 0 Å². The highest BCUT2D eigenvalue weighted by Gasteiger charge is 2.35. The highest BCUT2D eigenvalue weighted by atomic mass is 16.2. The van der Waals surface area contributed by atoms with E-state index in [0.717, 1.165) is 24.8 Å². The SMILES string of the molecule is CCCCCNC(=O)C1CCC(=O)N1Cc1ccccc1.